The Kier molecular flexibility index (Phi) is 8.25. The van der Waals surface area contributed by atoms with Gasteiger partial charge in [-0.15, -0.1) is 5.10 Å². The van der Waals surface area contributed by atoms with Crippen LogP contribution in [0.5, 0.6) is 11.5 Å². The monoisotopic (exact) mass is 583 g/mol. The Hall–Kier alpha value is -5.59. The molecule has 2 aliphatic heterocycles. The minimum atomic E-state index is 0.493. The number of nitrogens with one attached hydrogen (secondary N) is 1. The molecule has 6 rings (SSSR count). The summed E-state index contributed by atoms with van der Waals surface area (Å²) in [4.78, 5) is 4.67. The summed E-state index contributed by atoms with van der Waals surface area (Å²) in [5.74, 6) is 2.38. The summed E-state index contributed by atoms with van der Waals surface area (Å²) in [6.07, 6.45) is 4.16. The van der Waals surface area contributed by atoms with Crippen LogP contribution in [0, 0.1) is 18.3 Å². The van der Waals surface area contributed by atoms with Crippen molar-refractivity contribution in [1.29, 1.82) is 5.26 Å². The second-order valence-corrected chi connectivity index (χ2v) is 10.6. The lowest BCUT2D eigenvalue weighted by Crippen LogP contribution is -2.44. The third-order valence-corrected chi connectivity index (χ3v) is 7.42. The van der Waals surface area contributed by atoms with E-state index < -0.39 is 0 Å². The lowest BCUT2D eigenvalue weighted by Gasteiger charge is -2.36. The molecule has 1 N–H and O–H groups in total. The molecular formula is C35H33N7O2. The molecule has 3 heterocycles. The van der Waals surface area contributed by atoms with Crippen molar-refractivity contribution in [3.8, 4) is 17.6 Å². The fraction of sp³-hybridized carbons (Fsp3) is 0.171. The number of hydrazine groups is 2. The number of nitriles is 1. The average molecular weight is 584 g/mol. The Morgan fingerprint density at radius 2 is 1.52 bits per heavy atom. The van der Waals surface area contributed by atoms with E-state index in [2.05, 4.69) is 63.0 Å². The third-order valence-electron chi connectivity index (χ3n) is 7.42. The van der Waals surface area contributed by atoms with Crippen molar-refractivity contribution in [2.75, 3.05) is 14.2 Å². The van der Waals surface area contributed by atoms with Gasteiger partial charge in [0, 0.05) is 30.6 Å². The van der Waals surface area contributed by atoms with Crippen LogP contribution < -0.4 is 14.9 Å². The first-order valence-electron chi connectivity index (χ1n) is 14.3. The molecule has 44 heavy (non-hydrogen) atoms. The maximum absolute atomic E-state index is 9.58. The number of allylic oxidation sites excluding steroid dienone is 2. The van der Waals surface area contributed by atoms with E-state index in [9.17, 15) is 5.26 Å². The van der Waals surface area contributed by atoms with Crippen LogP contribution in [0.4, 0.5) is 0 Å². The van der Waals surface area contributed by atoms with Crippen LogP contribution in [0.3, 0.4) is 0 Å². The fourth-order valence-electron chi connectivity index (χ4n) is 5.18. The van der Waals surface area contributed by atoms with Gasteiger partial charge in [0.2, 0.25) is 0 Å². The van der Waals surface area contributed by atoms with Crippen molar-refractivity contribution in [3.63, 3.8) is 0 Å². The number of ether oxygens (including phenoxy) is 2. The Morgan fingerprint density at radius 1 is 0.864 bits per heavy atom. The maximum atomic E-state index is 9.58. The summed E-state index contributed by atoms with van der Waals surface area (Å²) in [5.41, 5.74) is 10.9. The summed E-state index contributed by atoms with van der Waals surface area (Å²) in [6, 6.07) is 32.1. The maximum Gasteiger partial charge on any atom is 0.194 e. The Morgan fingerprint density at radius 3 is 2.14 bits per heavy atom. The number of hydrogen-bond acceptors (Lipinski definition) is 9. The van der Waals surface area contributed by atoms with Crippen molar-refractivity contribution in [1.82, 2.24) is 25.5 Å². The topological polar surface area (TPSA) is 89.2 Å². The summed E-state index contributed by atoms with van der Waals surface area (Å²) >= 11 is 0. The fourth-order valence-corrected chi connectivity index (χ4v) is 5.18. The number of aromatic nitrogens is 1. The highest BCUT2D eigenvalue weighted by Gasteiger charge is 2.32. The number of hydrazone groups is 1. The quantitative estimate of drug-likeness (QED) is 0.252. The number of aryl methyl sites for hydroxylation is 1. The van der Waals surface area contributed by atoms with E-state index in [1.807, 2.05) is 78.8 Å². The molecule has 9 nitrogen and oxygen atoms in total. The first-order valence-corrected chi connectivity index (χ1v) is 14.3. The predicted octanol–water partition coefficient (Wildman–Crippen LogP) is 5.77. The lowest BCUT2D eigenvalue weighted by atomic mass is 10.0. The Labute approximate surface area is 257 Å². The molecule has 0 aliphatic carbocycles. The highest BCUT2D eigenvalue weighted by molar-refractivity contribution is 6.04. The number of methoxy groups -OCH3 is 2. The van der Waals surface area contributed by atoms with Gasteiger partial charge in [-0.3, -0.25) is 15.4 Å². The minimum absolute atomic E-state index is 0.493. The number of rotatable bonds is 10. The zero-order valence-corrected chi connectivity index (χ0v) is 24.9. The Balaban J connectivity index is 1.40. The van der Waals surface area contributed by atoms with Crippen LogP contribution in [0.2, 0.25) is 0 Å². The minimum Gasteiger partial charge on any atom is -0.497 e. The second-order valence-electron chi connectivity index (χ2n) is 10.6. The van der Waals surface area contributed by atoms with E-state index in [-0.39, 0.29) is 0 Å². The number of fused-ring (bicyclic) bond motifs is 1. The predicted molar refractivity (Wildman–Crippen MR) is 169 cm³/mol. The van der Waals surface area contributed by atoms with Gasteiger partial charge in [0.05, 0.1) is 31.5 Å². The molecule has 4 aromatic rings. The second kappa shape index (κ2) is 12.7. The normalized spacial score (nSPS) is 13.8. The van der Waals surface area contributed by atoms with Crippen molar-refractivity contribution in [3.05, 3.63) is 143 Å². The van der Waals surface area contributed by atoms with Crippen LogP contribution in [-0.2, 0) is 19.6 Å². The summed E-state index contributed by atoms with van der Waals surface area (Å²) in [7, 11) is 3.34. The molecule has 0 spiro atoms. The zero-order valence-electron chi connectivity index (χ0n) is 24.9. The van der Waals surface area contributed by atoms with Gasteiger partial charge in [0.15, 0.2) is 5.84 Å². The van der Waals surface area contributed by atoms with Crippen molar-refractivity contribution in [2.45, 2.75) is 26.6 Å². The molecule has 0 bridgehead atoms. The van der Waals surface area contributed by atoms with Gasteiger partial charge < -0.3 is 9.47 Å². The van der Waals surface area contributed by atoms with Crippen LogP contribution in [0.15, 0.2) is 114 Å². The molecule has 0 saturated heterocycles. The molecule has 0 saturated carbocycles. The SMILES string of the molecule is COc1ccc(CN(Cc2ccc(OC)cc2)N2C=C(c3cccc(C#N)c3)C=C3NN(Cc4cccc(C)n4)N=C32)cc1. The molecule has 0 radical (unpaired) electrons. The van der Waals surface area contributed by atoms with E-state index >= 15 is 0 Å². The summed E-state index contributed by atoms with van der Waals surface area (Å²) < 4.78 is 10.8. The molecule has 0 unspecified atom stereocenters. The third kappa shape index (κ3) is 6.41. The molecular weight excluding hydrogens is 550 g/mol. The van der Waals surface area contributed by atoms with Crippen molar-refractivity contribution in [2.24, 2.45) is 5.10 Å². The smallest absolute Gasteiger partial charge is 0.194 e. The number of benzene rings is 3. The first kappa shape index (κ1) is 28.5. The van der Waals surface area contributed by atoms with Gasteiger partial charge in [-0.1, -0.05) is 42.5 Å². The van der Waals surface area contributed by atoms with Gasteiger partial charge in [0.25, 0.3) is 0 Å². The van der Waals surface area contributed by atoms with Crippen LogP contribution in [0.1, 0.15) is 33.6 Å². The van der Waals surface area contributed by atoms with Gasteiger partial charge in [-0.2, -0.15) is 10.4 Å². The standard InChI is InChI=1S/C35H33N7O2/c1-25-6-4-9-31(37-25)24-42-38-34-19-30(29-8-5-7-28(18-29)20-36)23-41(35(34)39-42)40(21-26-10-14-32(43-2)15-11-26)22-27-12-16-33(44-3)17-13-27/h4-19,23,38H,21-22,24H2,1-3H3. The molecule has 2 aliphatic rings. The number of amidine groups is 1. The van der Waals surface area contributed by atoms with Crippen LogP contribution in [-0.4, -0.2) is 40.2 Å². The number of nitrogens with zero attached hydrogens (tertiary/aromatic N) is 6. The molecule has 0 atom stereocenters. The Bertz CT molecular complexity index is 1720. The van der Waals surface area contributed by atoms with E-state index in [4.69, 9.17) is 14.6 Å². The zero-order chi connectivity index (χ0) is 30.5. The van der Waals surface area contributed by atoms with Gasteiger partial charge in [0.1, 0.15) is 23.7 Å². The van der Waals surface area contributed by atoms with E-state index in [1.54, 1.807) is 14.2 Å². The van der Waals surface area contributed by atoms with Crippen LogP contribution in [0.25, 0.3) is 5.57 Å². The van der Waals surface area contributed by atoms with Crippen molar-refractivity contribution >= 4 is 11.4 Å². The first-order chi connectivity index (χ1) is 21.5. The molecule has 9 heteroatoms. The molecule has 0 fully saturated rings. The van der Waals surface area contributed by atoms with E-state index in [1.165, 1.54) is 0 Å². The average Bonchev–Trinajstić information content (AvgIpc) is 3.47. The van der Waals surface area contributed by atoms with Crippen LogP contribution >= 0.6 is 0 Å². The van der Waals surface area contributed by atoms with Gasteiger partial charge in [-0.05, 0) is 78.2 Å². The molecule has 1 aromatic heterocycles. The van der Waals surface area contributed by atoms with E-state index in [0.29, 0.717) is 25.2 Å². The summed E-state index contributed by atoms with van der Waals surface area (Å²) in [6.45, 7) is 3.68. The number of hydrogen-bond donors (Lipinski definition) is 1. The number of pyridine rings is 1. The van der Waals surface area contributed by atoms with Crippen molar-refractivity contribution < 1.29 is 9.47 Å². The summed E-state index contributed by atoms with van der Waals surface area (Å²) in [5, 5.41) is 20.8. The highest BCUT2D eigenvalue weighted by atomic mass is 16.5. The molecule has 0 amide bonds. The van der Waals surface area contributed by atoms with Gasteiger partial charge in [-0.25, -0.2) is 5.01 Å². The van der Waals surface area contributed by atoms with E-state index in [0.717, 1.165) is 56.7 Å². The molecule has 220 valence electrons. The lowest BCUT2D eigenvalue weighted by molar-refractivity contribution is 0.0704. The largest absolute Gasteiger partial charge is 0.497 e. The molecule has 3 aromatic carbocycles. The highest BCUT2D eigenvalue weighted by Crippen LogP contribution is 2.30. The van der Waals surface area contributed by atoms with Gasteiger partial charge >= 0.3 is 0 Å².